The Labute approximate surface area is 222 Å². The zero-order valence-electron chi connectivity index (χ0n) is 21.1. The van der Waals surface area contributed by atoms with Crippen molar-refractivity contribution in [1.29, 1.82) is 0 Å². The monoisotopic (exact) mass is 538 g/mol. The second-order valence-corrected chi connectivity index (χ2v) is 9.22. The van der Waals surface area contributed by atoms with Gasteiger partial charge in [-0.25, -0.2) is 19.5 Å². The van der Waals surface area contributed by atoms with Crippen LogP contribution in [-0.4, -0.2) is 61.1 Å². The van der Waals surface area contributed by atoms with Gasteiger partial charge in [-0.1, -0.05) is 37.3 Å². The lowest BCUT2D eigenvalue weighted by Gasteiger charge is -2.30. The Bertz CT molecular complexity index is 1360. The largest absolute Gasteiger partial charge is 0.497 e. The molecule has 1 aromatic heterocycles. The molecule has 198 valence electrons. The van der Waals surface area contributed by atoms with Gasteiger partial charge in [0.2, 0.25) is 5.91 Å². The summed E-state index contributed by atoms with van der Waals surface area (Å²) in [7, 11) is 4.25. The summed E-state index contributed by atoms with van der Waals surface area (Å²) in [5.41, 5.74) is 1.19. The number of carbonyl (C=O) groups excluding carboxylic acids is 4. The first-order valence-electron chi connectivity index (χ1n) is 11.5. The molecule has 0 bridgehead atoms. The highest BCUT2D eigenvalue weighted by molar-refractivity contribution is 7.14. The van der Waals surface area contributed by atoms with Crippen LogP contribution in [0.2, 0.25) is 0 Å². The van der Waals surface area contributed by atoms with E-state index in [1.54, 1.807) is 55.5 Å². The number of ether oxygens (including phenoxy) is 3. The minimum atomic E-state index is -1.27. The summed E-state index contributed by atoms with van der Waals surface area (Å²) in [6.07, 6.45) is 0. The number of carbonyl (C=O) groups is 4. The van der Waals surface area contributed by atoms with Gasteiger partial charge in [0, 0.05) is 11.3 Å². The molecule has 1 saturated heterocycles. The van der Waals surface area contributed by atoms with E-state index in [1.807, 2.05) is 0 Å². The van der Waals surface area contributed by atoms with Gasteiger partial charge >= 0.3 is 12.0 Å². The molecule has 11 nitrogen and oxygen atoms in total. The average Bonchev–Trinajstić information content (AvgIpc) is 3.52. The predicted molar refractivity (Wildman–Crippen MR) is 138 cm³/mol. The summed E-state index contributed by atoms with van der Waals surface area (Å²) in [5, 5.41) is 6.88. The molecule has 0 saturated carbocycles. The molecule has 2 N–H and O–H groups in total. The average molecular weight is 539 g/mol. The van der Waals surface area contributed by atoms with Crippen LogP contribution in [0.5, 0.6) is 11.5 Å². The zero-order chi connectivity index (χ0) is 27.4. The molecule has 3 atom stereocenters. The highest BCUT2D eigenvalue weighted by Crippen LogP contribution is 2.35. The number of methoxy groups -OCH3 is 3. The van der Waals surface area contributed by atoms with Crippen LogP contribution in [0.15, 0.2) is 53.9 Å². The van der Waals surface area contributed by atoms with Crippen molar-refractivity contribution >= 4 is 40.3 Å². The van der Waals surface area contributed by atoms with E-state index < -0.39 is 41.8 Å². The normalized spacial score (nSPS) is 16.4. The standard InChI is InChI=1S/C26H26N4O7S/c1-14(17-7-5-6-8-19(17)36-3)21(22(31)29-25-27-18(13-38-25)24(33)37-4)30-23(32)20(28-26(30)34)15-9-11-16(35-2)12-10-15/h5-14,20-21H,1-4H3,(H,28,34)(H,27,29,31)/t14-,20+,21?/m0/s1. The van der Waals surface area contributed by atoms with Gasteiger partial charge in [0.05, 0.1) is 21.3 Å². The molecule has 0 spiro atoms. The molecule has 1 unspecified atom stereocenters. The lowest BCUT2D eigenvalue weighted by Crippen LogP contribution is -2.50. The molecule has 3 aromatic rings. The van der Waals surface area contributed by atoms with Crippen LogP contribution < -0.4 is 20.1 Å². The number of esters is 1. The number of hydrogen-bond donors (Lipinski definition) is 2. The summed E-state index contributed by atoms with van der Waals surface area (Å²) < 4.78 is 15.3. The van der Waals surface area contributed by atoms with E-state index in [-0.39, 0.29) is 10.8 Å². The Morgan fingerprint density at radius 2 is 1.76 bits per heavy atom. The third-order valence-electron chi connectivity index (χ3n) is 6.20. The smallest absolute Gasteiger partial charge is 0.357 e. The second kappa shape index (κ2) is 11.3. The van der Waals surface area contributed by atoms with Crippen LogP contribution in [0, 0.1) is 0 Å². The van der Waals surface area contributed by atoms with Crippen LogP contribution in [0.25, 0.3) is 0 Å². The Kier molecular flexibility index (Phi) is 7.91. The first-order valence-corrected chi connectivity index (χ1v) is 12.4. The first-order chi connectivity index (χ1) is 18.3. The maximum atomic E-state index is 13.7. The zero-order valence-corrected chi connectivity index (χ0v) is 21.9. The number of nitrogens with zero attached hydrogens (tertiary/aromatic N) is 2. The third-order valence-corrected chi connectivity index (χ3v) is 6.96. The van der Waals surface area contributed by atoms with Gasteiger partial charge < -0.3 is 24.8 Å². The van der Waals surface area contributed by atoms with Gasteiger partial charge in [0.15, 0.2) is 10.8 Å². The molecule has 0 aliphatic carbocycles. The van der Waals surface area contributed by atoms with E-state index in [1.165, 1.54) is 26.7 Å². The fourth-order valence-corrected chi connectivity index (χ4v) is 4.95. The number of benzene rings is 2. The van der Waals surface area contributed by atoms with Crippen LogP contribution in [0.1, 0.15) is 40.5 Å². The highest BCUT2D eigenvalue weighted by Gasteiger charge is 2.48. The fraction of sp³-hybridized carbons (Fsp3) is 0.269. The van der Waals surface area contributed by atoms with Crippen molar-refractivity contribution < 1.29 is 33.4 Å². The summed E-state index contributed by atoms with van der Waals surface area (Å²) >= 11 is 1.01. The third kappa shape index (κ3) is 5.16. The summed E-state index contributed by atoms with van der Waals surface area (Å²) in [6, 6.07) is 10.8. The van der Waals surface area contributed by atoms with Crippen LogP contribution in [0.3, 0.4) is 0 Å². The molecule has 38 heavy (non-hydrogen) atoms. The number of thiazole rings is 1. The van der Waals surface area contributed by atoms with Gasteiger partial charge in [-0.05, 0) is 29.3 Å². The van der Waals surface area contributed by atoms with E-state index in [4.69, 9.17) is 9.47 Å². The molecule has 4 amide bonds. The minimum Gasteiger partial charge on any atom is -0.497 e. The summed E-state index contributed by atoms with van der Waals surface area (Å²) in [4.78, 5) is 57.3. The topological polar surface area (TPSA) is 136 Å². The van der Waals surface area contributed by atoms with Crippen molar-refractivity contribution in [2.45, 2.75) is 24.9 Å². The molecular formula is C26H26N4O7S. The molecule has 2 heterocycles. The number of rotatable bonds is 9. The van der Waals surface area contributed by atoms with Crippen LogP contribution in [0.4, 0.5) is 9.93 Å². The number of urea groups is 1. The summed E-state index contributed by atoms with van der Waals surface area (Å²) in [6.45, 7) is 1.73. The van der Waals surface area contributed by atoms with Gasteiger partial charge in [-0.3, -0.25) is 9.59 Å². The van der Waals surface area contributed by atoms with Gasteiger partial charge in [0.1, 0.15) is 23.6 Å². The van der Waals surface area contributed by atoms with E-state index in [0.29, 0.717) is 22.6 Å². The van der Waals surface area contributed by atoms with Crippen molar-refractivity contribution in [3.8, 4) is 11.5 Å². The molecule has 1 aliphatic rings. The molecule has 2 aromatic carbocycles. The highest BCUT2D eigenvalue weighted by atomic mass is 32.1. The number of nitrogens with one attached hydrogen (secondary N) is 2. The van der Waals surface area contributed by atoms with E-state index in [2.05, 4.69) is 20.4 Å². The number of imide groups is 1. The Balaban J connectivity index is 1.69. The van der Waals surface area contributed by atoms with Gasteiger partial charge in [0.25, 0.3) is 5.91 Å². The Morgan fingerprint density at radius 3 is 2.42 bits per heavy atom. The number of aromatic nitrogens is 1. The number of anilines is 1. The van der Waals surface area contributed by atoms with E-state index in [9.17, 15) is 19.2 Å². The molecule has 12 heteroatoms. The van der Waals surface area contributed by atoms with Crippen molar-refractivity contribution in [3.63, 3.8) is 0 Å². The van der Waals surface area contributed by atoms with E-state index in [0.717, 1.165) is 16.2 Å². The van der Waals surface area contributed by atoms with Crippen molar-refractivity contribution in [1.82, 2.24) is 15.2 Å². The van der Waals surface area contributed by atoms with Gasteiger partial charge in [-0.15, -0.1) is 11.3 Å². The van der Waals surface area contributed by atoms with Crippen molar-refractivity contribution in [3.05, 3.63) is 70.7 Å². The SMILES string of the molecule is COC(=O)c1csc(NC(=O)C([C@@H](C)c2ccccc2OC)N2C(=O)N[C@H](c3ccc(OC)cc3)C2=O)n1. The lowest BCUT2D eigenvalue weighted by molar-refractivity contribution is -0.134. The Hall–Kier alpha value is -4.45. The summed E-state index contributed by atoms with van der Waals surface area (Å²) in [5.74, 6) is -1.48. The van der Waals surface area contributed by atoms with Gasteiger partial charge in [-0.2, -0.15) is 0 Å². The molecule has 1 fully saturated rings. The molecule has 1 aliphatic heterocycles. The maximum Gasteiger partial charge on any atom is 0.357 e. The van der Waals surface area contributed by atoms with E-state index >= 15 is 0 Å². The van der Waals surface area contributed by atoms with Crippen LogP contribution >= 0.6 is 11.3 Å². The lowest BCUT2D eigenvalue weighted by atomic mass is 9.90. The molecular weight excluding hydrogens is 512 g/mol. The number of hydrogen-bond acceptors (Lipinski definition) is 9. The fourth-order valence-electron chi connectivity index (χ4n) is 4.27. The minimum absolute atomic E-state index is 0.0247. The second-order valence-electron chi connectivity index (χ2n) is 8.36. The van der Waals surface area contributed by atoms with Crippen molar-refractivity contribution in [2.24, 2.45) is 0 Å². The number of amides is 4. The molecule has 0 radical (unpaired) electrons. The molecule has 4 rings (SSSR count). The van der Waals surface area contributed by atoms with Crippen LogP contribution in [-0.2, 0) is 14.3 Å². The Morgan fingerprint density at radius 1 is 1.05 bits per heavy atom. The maximum absolute atomic E-state index is 13.7. The quantitative estimate of drug-likeness (QED) is 0.313. The first kappa shape index (κ1) is 26.6. The number of para-hydroxylation sites is 1. The predicted octanol–water partition coefficient (Wildman–Crippen LogP) is 3.35. The van der Waals surface area contributed by atoms with Crippen molar-refractivity contribution in [2.75, 3.05) is 26.6 Å².